The Morgan fingerprint density at radius 3 is 2.55 bits per heavy atom. The van der Waals surface area contributed by atoms with Gasteiger partial charge in [-0.2, -0.15) is 5.10 Å². The first-order valence-corrected chi connectivity index (χ1v) is 13.8. The summed E-state index contributed by atoms with van der Waals surface area (Å²) >= 11 is 1.27. The Bertz CT molecular complexity index is 1660. The first-order valence-electron chi connectivity index (χ1n) is 12.9. The van der Waals surface area contributed by atoms with Crippen LogP contribution in [0.3, 0.4) is 0 Å². The van der Waals surface area contributed by atoms with Gasteiger partial charge in [0, 0.05) is 11.1 Å². The summed E-state index contributed by atoms with van der Waals surface area (Å²) in [5.74, 6) is -0.715. The van der Waals surface area contributed by atoms with Gasteiger partial charge in [-0.15, -0.1) is 11.3 Å². The van der Waals surface area contributed by atoms with E-state index >= 15 is 0 Å². The van der Waals surface area contributed by atoms with Gasteiger partial charge in [-0.05, 0) is 75.7 Å². The van der Waals surface area contributed by atoms with E-state index in [0.717, 1.165) is 16.6 Å². The van der Waals surface area contributed by atoms with E-state index in [9.17, 15) is 14.0 Å². The number of nitrogens with one attached hydrogen (secondary N) is 1. The monoisotopic (exact) mass is 555 g/mol. The van der Waals surface area contributed by atoms with E-state index in [1.54, 1.807) is 40.3 Å². The molecule has 0 spiro atoms. The highest BCUT2D eigenvalue weighted by Gasteiger charge is 2.55. The summed E-state index contributed by atoms with van der Waals surface area (Å²) in [5.41, 5.74) is 4.25. The van der Waals surface area contributed by atoms with Gasteiger partial charge in [0.2, 0.25) is 5.91 Å². The van der Waals surface area contributed by atoms with Gasteiger partial charge >= 0.3 is 0 Å². The molecule has 3 heterocycles. The number of thiazole rings is 1. The average molecular weight is 556 g/mol. The van der Waals surface area contributed by atoms with E-state index in [0.29, 0.717) is 21.8 Å². The molecule has 0 aliphatic carbocycles. The maximum Gasteiger partial charge on any atom is 0.263 e. The van der Waals surface area contributed by atoms with Crippen LogP contribution in [0.5, 0.6) is 0 Å². The number of anilines is 1. The molecule has 0 radical (unpaired) electrons. The van der Waals surface area contributed by atoms with Crippen molar-refractivity contribution in [1.82, 2.24) is 20.1 Å². The molecule has 1 N–H and O–H groups in total. The maximum absolute atomic E-state index is 14.0. The Morgan fingerprint density at radius 2 is 1.88 bits per heavy atom. The molecular weight excluding hydrogens is 525 g/mol. The van der Waals surface area contributed by atoms with Gasteiger partial charge in [0.05, 0.1) is 46.1 Å². The molecule has 0 unspecified atom stereocenters. The highest BCUT2D eigenvalue weighted by Crippen LogP contribution is 2.42. The van der Waals surface area contributed by atoms with Crippen LogP contribution in [0.1, 0.15) is 36.1 Å². The Balaban J connectivity index is 1.57. The molecule has 0 bridgehead atoms. The number of fused-ring (bicyclic) bond motifs is 1. The standard InChI is InChI=1S/C31H30FN5O2S/c1-6-7-8-9-19(2)26-28(35-29(38)27-20(3)33-18-40-27)31(4,5)30(39)36(26)24-14-15-25-21(16-24)17-34-37(25)23-12-10-22(32)11-13-23/h6-18,26,28H,2H2,1,3-5H3,(H,35,38)/b7-6-,9-8-/t26-,28-/m1/s1. The second-order valence-corrected chi connectivity index (χ2v) is 11.2. The van der Waals surface area contributed by atoms with Gasteiger partial charge in [0.25, 0.3) is 5.91 Å². The van der Waals surface area contributed by atoms with Crippen molar-refractivity contribution >= 4 is 39.7 Å². The van der Waals surface area contributed by atoms with Crippen LogP contribution in [0.4, 0.5) is 10.1 Å². The minimum Gasteiger partial charge on any atom is -0.345 e. The third-order valence-electron chi connectivity index (χ3n) is 7.27. The molecule has 2 aromatic carbocycles. The smallest absolute Gasteiger partial charge is 0.263 e. The number of benzene rings is 2. The predicted molar refractivity (Wildman–Crippen MR) is 157 cm³/mol. The fraction of sp³-hybridized carbons (Fsp3) is 0.226. The molecule has 9 heteroatoms. The first kappa shape index (κ1) is 27.2. The third kappa shape index (κ3) is 4.77. The molecule has 2 aromatic heterocycles. The molecule has 1 fully saturated rings. The van der Waals surface area contributed by atoms with Crippen molar-refractivity contribution in [1.29, 1.82) is 0 Å². The molecule has 7 nitrogen and oxygen atoms in total. The van der Waals surface area contributed by atoms with Gasteiger partial charge in [-0.25, -0.2) is 14.1 Å². The Kier molecular flexibility index (Phi) is 7.25. The average Bonchev–Trinajstić information content (AvgIpc) is 3.60. The second kappa shape index (κ2) is 10.7. The highest BCUT2D eigenvalue weighted by molar-refractivity contribution is 7.11. The lowest BCUT2D eigenvalue weighted by Crippen LogP contribution is -2.50. The van der Waals surface area contributed by atoms with Crippen LogP contribution in [-0.2, 0) is 4.79 Å². The van der Waals surface area contributed by atoms with Crippen molar-refractivity contribution < 1.29 is 14.0 Å². The van der Waals surface area contributed by atoms with Gasteiger partial charge < -0.3 is 10.2 Å². The summed E-state index contributed by atoms with van der Waals surface area (Å²) in [5, 5.41) is 8.45. The Labute approximate surface area is 236 Å². The lowest BCUT2D eigenvalue weighted by molar-refractivity contribution is -0.124. The number of hydrogen-bond donors (Lipinski definition) is 1. The predicted octanol–water partition coefficient (Wildman–Crippen LogP) is 6.16. The fourth-order valence-electron chi connectivity index (χ4n) is 5.10. The zero-order valence-corrected chi connectivity index (χ0v) is 23.6. The van der Waals surface area contributed by atoms with Crippen LogP contribution in [0.15, 0.2) is 90.6 Å². The van der Waals surface area contributed by atoms with Crippen molar-refractivity contribution in [2.24, 2.45) is 5.41 Å². The normalized spacial score (nSPS) is 18.8. The zero-order chi connectivity index (χ0) is 28.6. The van der Waals surface area contributed by atoms with Crippen molar-refractivity contribution in [3.05, 3.63) is 107 Å². The molecule has 1 saturated heterocycles. The van der Waals surface area contributed by atoms with Gasteiger partial charge in [-0.1, -0.05) is 30.9 Å². The molecule has 2 amide bonds. The zero-order valence-electron chi connectivity index (χ0n) is 22.8. The molecule has 0 saturated carbocycles. The summed E-state index contributed by atoms with van der Waals surface area (Å²) in [7, 11) is 0. The maximum atomic E-state index is 14.0. The number of hydrogen-bond acceptors (Lipinski definition) is 5. The summed E-state index contributed by atoms with van der Waals surface area (Å²) in [6.45, 7) is 11.7. The van der Waals surface area contributed by atoms with Crippen molar-refractivity contribution in [3.8, 4) is 5.69 Å². The molecule has 4 aromatic rings. The van der Waals surface area contributed by atoms with E-state index in [2.05, 4.69) is 22.0 Å². The fourth-order valence-corrected chi connectivity index (χ4v) is 5.81. The summed E-state index contributed by atoms with van der Waals surface area (Å²) in [4.78, 5) is 33.8. The van der Waals surface area contributed by atoms with E-state index in [1.165, 1.54) is 23.5 Å². The number of aromatic nitrogens is 3. The van der Waals surface area contributed by atoms with Crippen LogP contribution < -0.4 is 10.2 Å². The van der Waals surface area contributed by atoms with Crippen molar-refractivity contribution in [2.45, 2.75) is 39.8 Å². The van der Waals surface area contributed by atoms with E-state index in [4.69, 9.17) is 0 Å². The number of nitrogens with zero attached hydrogens (tertiary/aromatic N) is 4. The highest BCUT2D eigenvalue weighted by atomic mass is 32.1. The van der Waals surface area contributed by atoms with Crippen LogP contribution in [0.2, 0.25) is 0 Å². The number of aryl methyl sites for hydroxylation is 1. The first-order chi connectivity index (χ1) is 19.1. The molecule has 5 rings (SSSR count). The Hall–Kier alpha value is -4.37. The minimum atomic E-state index is -0.927. The second-order valence-electron chi connectivity index (χ2n) is 10.3. The lowest BCUT2D eigenvalue weighted by Gasteiger charge is -2.31. The number of halogens is 1. The third-order valence-corrected chi connectivity index (χ3v) is 8.20. The largest absolute Gasteiger partial charge is 0.345 e. The number of allylic oxidation sites excluding steroid dienone is 3. The van der Waals surface area contributed by atoms with Crippen molar-refractivity contribution in [3.63, 3.8) is 0 Å². The summed E-state index contributed by atoms with van der Waals surface area (Å²) < 4.78 is 15.2. The molecule has 1 aliphatic heterocycles. The molecule has 1 aliphatic rings. The van der Waals surface area contributed by atoms with E-state index in [1.807, 2.05) is 63.3 Å². The topological polar surface area (TPSA) is 80.1 Å². The van der Waals surface area contributed by atoms with Gasteiger partial charge in [-0.3, -0.25) is 9.59 Å². The van der Waals surface area contributed by atoms with Crippen LogP contribution in [-0.4, -0.2) is 38.7 Å². The van der Waals surface area contributed by atoms with Crippen LogP contribution in [0.25, 0.3) is 16.6 Å². The molecule has 2 atom stereocenters. The van der Waals surface area contributed by atoms with Crippen LogP contribution in [0, 0.1) is 18.2 Å². The quantitative estimate of drug-likeness (QED) is 0.277. The number of rotatable bonds is 7. The van der Waals surface area contributed by atoms with Gasteiger partial charge in [0.15, 0.2) is 0 Å². The molecule has 40 heavy (non-hydrogen) atoms. The SMILES string of the molecule is C=C(/C=C\C=C/C)[C@@H]1[C@@H](NC(=O)c2scnc2C)C(C)(C)C(=O)N1c1ccc2c(cnn2-c2ccc(F)cc2)c1. The Morgan fingerprint density at radius 1 is 1.15 bits per heavy atom. The van der Waals surface area contributed by atoms with Gasteiger partial charge in [0.1, 0.15) is 10.7 Å². The summed E-state index contributed by atoms with van der Waals surface area (Å²) in [6.07, 6.45) is 9.26. The number of amides is 2. The van der Waals surface area contributed by atoms with Crippen LogP contribution >= 0.6 is 11.3 Å². The lowest BCUT2D eigenvalue weighted by atomic mass is 9.82. The number of carbonyl (C=O) groups excluding carboxylic acids is 2. The number of carbonyl (C=O) groups is 2. The van der Waals surface area contributed by atoms with Crippen molar-refractivity contribution in [2.75, 3.05) is 4.90 Å². The van der Waals surface area contributed by atoms with E-state index < -0.39 is 17.5 Å². The molecule has 204 valence electrons. The summed E-state index contributed by atoms with van der Waals surface area (Å²) in [6, 6.07) is 10.7. The minimum absolute atomic E-state index is 0.130. The van der Waals surface area contributed by atoms with E-state index in [-0.39, 0.29) is 17.6 Å². The molecular formula is C31H30FN5O2S.